The minimum absolute atomic E-state index is 0.230. The van der Waals surface area contributed by atoms with E-state index in [1.165, 1.54) is 10.9 Å². The Kier molecular flexibility index (Phi) is 3.58. The van der Waals surface area contributed by atoms with E-state index in [0.29, 0.717) is 23.4 Å². The molecule has 114 valence electrons. The van der Waals surface area contributed by atoms with Crippen molar-refractivity contribution in [2.45, 2.75) is 44.7 Å². The van der Waals surface area contributed by atoms with Gasteiger partial charge in [0.2, 0.25) is 5.13 Å². The molecule has 2 aromatic heterocycles. The molecule has 2 aromatic rings. The van der Waals surface area contributed by atoms with Gasteiger partial charge in [-0.1, -0.05) is 37.0 Å². The van der Waals surface area contributed by atoms with Crippen LogP contribution in [0.1, 0.15) is 32.3 Å². The molecule has 0 aliphatic carbocycles. The van der Waals surface area contributed by atoms with Crippen molar-refractivity contribution in [3.05, 3.63) is 17.3 Å². The highest BCUT2D eigenvalue weighted by molar-refractivity contribution is 6.33. The molecule has 0 saturated carbocycles. The van der Waals surface area contributed by atoms with E-state index in [1.54, 1.807) is 13.8 Å². The van der Waals surface area contributed by atoms with Crippen molar-refractivity contribution < 1.29 is 9.13 Å². The lowest BCUT2D eigenvalue weighted by Gasteiger charge is -2.23. The van der Waals surface area contributed by atoms with Gasteiger partial charge in [0.25, 0.3) is 0 Å². The Bertz CT molecular complexity index is 690. The standard InChI is InChI=1S/C13H15Cl2FN4O/c1-4-8-6(2)13(15,16)12(21-8)20-5-17-9-10(14)18-7(3)19-11(9)20/h5-6,8,12H,4H2,1-3H3/t6?,8-,12+,13+/m1/s1. The first kappa shape index (κ1) is 14.9. The molecule has 1 fully saturated rings. The fourth-order valence-corrected chi connectivity index (χ4v) is 3.26. The predicted molar refractivity (Wildman–Crippen MR) is 78.1 cm³/mol. The number of nitrogens with zero attached hydrogens (tertiary/aromatic N) is 4. The molecule has 21 heavy (non-hydrogen) atoms. The summed E-state index contributed by atoms with van der Waals surface area (Å²) in [6.07, 6.45) is 0.872. The van der Waals surface area contributed by atoms with Crippen LogP contribution >= 0.6 is 23.2 Å². The first-order valence-corrected chi connectivity index (χ1v) is 7.51. The highest BCUT2D eigenvalue weighted by Gasteiger charge is 2.55. The molecule has 3 rings (SSSR count). The van der Waals surface area contributed by atoms with E-state index in [9.17, 15) is 4.39 Å². The number of ether oxygens (including phenoxy) is 1. The molecule has 5 nitrogen and oxygen atoms in total. The second-order valence-corrected chi connectivity index (χ2v) is 6.22. The van der Waals surface area contributed by atoms with Crippen molar-refractivity contribution in [3.63, 3.8) is 0 Å². The number of aryl methyl sites for hydroxylation is 1. The van der Waals surface area contributed by atoms with Crippen molar-refractivity contribution in [2.24, 2.45) is 5.92 Å². The van der Waals surface area contributed by atoms with Crippen molar-refractivity contribution in [1.29, 1.82) is 0 Å². The zero-order chi connectivity index (χ0) is 15.4. The summed E-state index contributed by atoms with van der Waals surface area (Å²) >= 11 is 12.2. The van der Waals surface area contributed by atoms with Gasteiger partial charge in [0.05, 0.1) is 12.4 Å². The number of imidazole rings is 1. The molecule has 8 heteroatoms. The third kappa shape index (κ3) is 2.20. The lowest BCUT2D eigenvalue weighted by molar-refractivity contribution is -0.0271. The van der Waals surface area contributed by atoms with Gasteiger partial charge in [-0.25, -0.2) is 19.3 Å². The molecule has 4 atom stereocenters. The number of alkyl halides is 2. The fourth-order valence-electron chi connectivity index (χ4n) is 2.70. The molecule has 3 heterocycles. The zero-order valence-electron chi connectivity index (χ0n) is 11.8. The summed E-state index contributed by atoms with van der Waals surface area (Å²) in [6, 6.07) is 0. The predicted octanol–water partition coefficient (Wildman–Crippen LogP) is 3.64. The second kappa shape index (κ2) is 5.04. The smallest absolute Gasteiger partial charge is 0.233 e. The van der Waals surface area contributed by atoms with Gasteiger partial charge in [0, 0.05) is 5.92 Å². The number of rotatable bonds is 2. The summed E-state index contributed by atoms with van der Waals surface area (Å²) < 4.78 is 22.2. The van der Waals surface area contributed by atoms with E-state index in [4.69, 9.17) is 27.9 Å². The number of hydrogen-bond donors (Lipinski definition) is 0. The monoisotopic (exact) mass is 332 g/mol. The molecule has 1 saturated heterocycles. The average molecular weight is 333 g/mol. The molecule has 0 amide bonds. The van der Waals surface area contributed by atoms with Crippen molar-refractivity contribution in [1.82, 2.24) is 19.5 Å². The van der Waals surface area contributed by atoms with E-state index in [-0.39, 0.29) is 11.3 Å². The Balaban J connectivity index is 2.13. The Morgan fingerprint density at radius 2 is 2.19 bits per heavy atom. The van der Waals surface area contributed by atoms with Crippen molar-refractivity contribution in [2.75, 3.05) is 0 Å². The number of fused-ring (bicyclic) bond motifs is 1. The number of hydrogen-bond acceptors (Lipinski definition) is 4. The van der Waals surface area contributed by atoms with Crippen molar-refractivity contribution >= 4 is 34.4 Å². The maximum atomic E-state index is 14.9. The van der Waals surface area contributed by atoms with Gasteiger partial charge in [-0.15, -0.1) is 0 Å². The van der Waals surface area contributed by atoms with Crippen LogP contribution in [0.5, 0.6) is 0 Å². The minimum Gasteiger partial charge on any atom is -0.349 e. The molecule has 1 aliphatic heterocycles. The van der Waals surface area contributed by atoms with Gasteiger partial charge in [-0.05, 0) is 13.3 Å². The Hall–Kier alpha value is -0.980. The van der Waals surface area contributed by atoms with Crippen LogP contribution in [0.2, 0.25) is 5.15 Å². The highest BCUT2D eigenvalue weighted by atomic mass is 35.5. The Labute approximate surface area is 131 Å². The second-order valence-electron chi connectivity index (χ2n) is 5.28. The molecular weight excluding hydrogens is 318 g/mol. The first-order valence-electron chi connectivity index (χ1n) is 6.76. The summed E-state index contributed by atoms with van der Waals surface area (Å²) in [6.45, 7) is 5.39. The fraction of sp³-hybridized carbons (Fsp3) is 0.615. The third-order valence-corrected chi connectivity index (χ3v) is 4.74. The normalized spacial score (nSPS) is 33.0. The van der Waals surface area contributed by atoms with Crippen LogP contribution < -0.4 is 0 Å². The van der Waals surface area contributed by atoms with Crippen LogP contribution in [0.3, 0.4) is 0 Å². The summed E-state index contributed by atoms with van der Waals surface area (Å²) in [7, 11) is 0. The van der Waals surface area contributed by atoms with Crippen LogP contribution in [0, 0.1) is 12.8 Å². The van der Waals surface area contributed by atoms with Gasteiger partial charge in [0.1, 0.15) is 11.3 Å². The molecule has 0 N–H and O–H groups in total. The van der Waals surface area contributed by atoms with Gasteiger partial charge in [-0.2, -0.15) is 0 Å². The maximum absolute atomic E-state index is 14.9. The van der Waals surface area contributed by atoms with Gasteiger partial charge < -0.3 is 4.74 Å². The largest absolute Gasteiger partial charge is 0.349 e. The van der Waals surface area contributed by atoms with E-state index in [1.807, 2.05) is 6.92 Å². The van der Waals surface area contributed by atoms with E-state index in [0.717, 1.165) is 0 Å². The third-order valence-electron chi connectivity index (χ3n) is 3.94. The van der Waals surface area contributed by atoms with Crippen LogP contribution in [0.15, 0.2) is 6.33 Å². The minimum atomic E-state index is -2.03. The molecule has 1 unspecified atom stereocenters. The Morgan fingerprint density at radius 1 is 1.48 bits per heavy atom. The quantitative estimate of drug-likeness (QED) is 0.622. The first-order chi connectivity index (χ1) is 9.86. The number of halogens is 3. The lowest BCUT2D eigenvalue weighted by Crippen LogP contribution is -2.30. The van der Waals surface area contributed by atoms with Crippen LogP contribution in [-0.2, 0) is 4.74 Å². The molecule has 0 bridgehead atoms. The maximum Gasteiger partial charge on any atom is 0.233 e. The number of aromatic nitrogens is 4. The summed E-state index contributed by atoms with van der Waals surface area (Å²) in [4.78, 5) is 12.5. The van der Waals surface area contributed by atoms with Crippen LogP contribution in [0.25, 0.3) is 11.2 Å². The van der Waals surface area contributed by atoms with E-state index in [2.05, 4.69) is 15.0 Å². The van der Waals surface area contributed by atoms with E-state index < -0.39 is 17.3 Å². The van der Waals surface area contributed by atoms with E-state index >= 15 is 0 Å². The summed E-state index contributed by atoms with van der Waals surface area (Å²) in [5.41, 5.74) is 0.829. The van der Waals surface area contributed by atoms with Gasteiger partial charge in [0.15, 0.2) is 17.0 Å². The van der Waals surface area contributed by atoms with Gasteiger partial charge in [-0.3, -0.25) is 4.57 Å². The van der Waals surface area contributed by atoms with Gasteiger partial charge >= 0.3 is 0 Å². The SMILES string of the molecule is CC[C@H]1O[C@H](n2cnc3c(Cl)nc(C)nc32)[C@](F)(Cl)C1C. The molecular formula is C13H15Cl2FN4O. The van der Waals surface area contributed by atoms with Crippen molar-refractivity contribution in [3.8, 4) is 0 Å². The zero-order valence-corrected chi connectivity index (χ0v) is 13.4. The van der Waals surface area contributed by atoms with Crippen LogP contribution in [0.4, 0.5) is 4.39 Å². The van der Waals surface area contributed by atoms with Crippen LogP contribution in [-0.4, -0.2) is 30.8 Å². The topological polar surface area (TPSA) is 52.8 Å². The summed E-state index contributed by atoms with van der Waals surface area (Å²) in [5, 5.41) is -1.80. The molecule has 0 aromatic carbocycles. The highest BCUT2D eigenvalue weighted by Crippen LogP contribution is 2.49. The summed E-state index contributed by atoms with van der Waals surface area (Å²) in [5.74, 6) is 0.0383. The molecule has 0 radical (unpaired) electrons. The molecule has 1 aliphatic rings. The average Bonchev–Trinajstić information content (AvgIpc) is 2.91. The molecule has 0 spiro atoms. The lowest BCUT2D eigenvalue weighted by atomic mass is 9.99. The Morgan fingerprint density at radius 3 is 2.81 bits per heavy atom.